The first-order valence-electron chi connectivity index (χ1n) is 6.79. The molecule has 1 fully saturated rings. The van der Waals surface area contributed by atoms with E-state index in [1.54, 1.807) is 0 Å². The molecule has 1 N–H and O–H groups in total. The summed E-state index contributed by atoms with van der Waals surface area (Å²) in [4.78, 5) is 27.5. The van der Waals surface area contributed by atoms with Crippen LogP contribution in [0.3, 0.4) is 0 Å². The third kappa shape index (κ3) is 4.19. The van der Waals surface area contributed by atoms with Gasteiger partial charge in [0.15, 0.2) is 5.69 Å². The molecule has 1 unspecified atom stereocenters. The molecule has 22 heavy (non-hydrogen) atoms. The second-order valence-electron chi connectivity index (χ2n) is 5.14. The lowest BCUT2D eigenvalue weighted by atomic mass is 9.98. The molecule has 1 aromatic rings. The van der Waals surface area contributed by atoms with E-state index in [1.807, 2.05) is 0 Å². The van der Waals surface area contributed by atoms with Gasteiger partial charge in [-0.1, -0.05) is 0 Å². The molecule has 0 radical (unpaired) electrons. The minimum Gasteiger partial charge on any atom is -0.481 e. The van der Waals surface area contributed by atoms with Gasteiger partial charge in [0.1, 0.15) is 0 Å². The fourth-order valence-electron chi connectivity index (χ4n) is 2.38. The molecule has 0 bridgehead atoms. The highest BCUT2D eigenvalue weighted by molar-refractivity contribution is 7.09. The largest absolute Gasteiger partial charge is 0.481 e. The van der Waals surface area contributed by atoms with Gasteiger partial charge < -0.3 is 10.0 Å². The Labute approximate surface area is 128 Å². The van der Waals surface area contributed by atoms with Crippen LogP contribution in [0.4, 0.5) is 13.2 Å². The third-order valence-corrected chi connectivity index (χ3v) is 4.50. The van der Waals surface area contributed by atoms with Crippen LogP contribution in [0.15, 0.2) is 5.38 Å². The number of hydrogen-bond donors (Lipinski definition) is 1. The van der Waals surface area contributed by atoms with Crippen molar-refractivity contribution in [2.24, 2.45) is 0 Å². The summed E-state index contributed by atoms with van der Waals surface area (Å²) >= 11 is 0.952. The van der Waals surface area contributed by atoms with Gasteiger partial charge in [0, 0.05) is 30.8 Å². The number of carbonyl (C=O) groups excluding carboxylic acids is 1. The highest BCUT2D eigenvalue weighted by Gasteiger charge is 2.35. The van der Waals surface area contributed by atoms with Crippen LogP contribution in [-0.2, 0) is 15.8 Å². The average Bonchev–Trinajstić information content (AvgIpc) is 2.94. The number of likely N-dealkylation sites (tertiary alicyclic amines) is 1. The number of carboxylic acid groups (broad SMARTS) is 1. The molecule has 0 spiro atoms. The van der Waals surface area contributed by atoms with E-state index in [0.29, 0.717) is 30.9 Å². The van der Waals surface area contributed by atoms with Crippen molar-refractivity contribution in [1.82, 2.24) is 9.88 Å². The Morgan fingerprint density at radius 1 is 1.41 bits per heavy atom. The van der Waals surface area contributed by atoms with Crippen molar-refractivity contribution in [3.8, 4) is 0 Å². The van der Waals surface area contributed by atoms with Gasteiger partial charge in [-0.05, 0) is 12.8 Å². The molecule has 1 saturated heterocycles. The Hall–Kier alpha value is -1.64. The van der Waals surface area contributed by atoms with Crippen molar-refractivity contribution in [3.05, 3.63) is 16.1 Å². The molecule has 0 aliphatic carbocycles. The molecule has 1 aliphatic rings. The number of nitrogens with zero attached hydrogens (tertiary/aromatic N) is 2. The Balaban J connectivity index is 2.00. The predicted molar refractivity (Wildman–Crippen MR) is 72.5 cm³/mol. The molecular weight excluding hydrogens is 321 g/mol. The van der Waals surface area contributed by atoms with E-state index < -0.39 is 17.8 Å². The number of halogens is 3. The summed E-state index contributed by atoms with van der Waals surface area (Å²) in [5.74, 6) is -1.54. The fourth-order valence-corrected chi connectivity index (χ4v) is 3.34. The van der Waals surface area contributed by atoms with Gasteiger partial charge in [-0.25, -0.2) is 4.98 Å². The molecule has 2 rings (SSSR count). The number of carboxylic acids is 1. The lowest BCUT2D eigenvalue weighted by molar-refractivity contribution is -0.141. The lowest BCUT2D eigenvalue weighted by Gasteiger charge is -2.31. The summed E-state index contributed by atoms with van der Waals surface area (Å²) in [6, 6.07) is 0. The summed E-state index contributed by atoms with van der Waals surface area (Å²) in [6.45, 7) is 0.801. The van der Waals surface area contributed by atoms with E-state index >= 15 is 0 Å². The van der Waals surface area contributed by atoms with E-state index in [-0.39, 0.29) is 24.7 Å². The smallest absolute Gasteiger partial charge is 0.434 e. The lowest BCUT2D eigenvalue weighted by Crippen LogP contribution is -2.39. The number of rotatable bonds is 4. The normalized spacial score (nSPS) is 19.2. The maximum atomic E-state index is 12.6. The van der Waals surface area contributed by atoms with Crippen LogP contribution in [0, 0.1) is 0 Å². The Morgan fingerprint density at radius 2 is 2.14 bits per heavy atom. The summed E-state index contributed by atoms with van der Waals surface area (Å²) < 4.78 is 37.7. The Bertz CT molecular complexity index is 559. The standard InChI is InChI=1S/C13H15F3N2O3S/c14-13(15,16)9-7-22-12(17-9)8-2-1-5-18(6-8)10(19)3-4-11(20)21/h7-8H,1-6H2,(H,20,21). The molecule has 1 atom stereocenters. The molecule has 1 aromatic heterocycles. The van der Waals surface area contributed by atoms with Crippen molar-refractivity contribution < 1.29 is 27.9 Å². The van der Waals surface area contributed by atoms with Crippen molar-refractivity contribution in [2.75, 3.05) is 13.1 Å². The van der Waals surface area contributed by atoms with Crippen molar-refractivity contribution in [3.63, 3.8) is 0 Å². The first-order chi connectivity index (χ1) is 10.3. The summed E-state index contributed by atoms with van der Waals surface area (Å²) in [7, 11) is 0. The van der Waals surface area contributed by atoms with Gasteiger partial charge in [-0.15, -0.1) is 11.3 Å². The molecule has 1 aliphatic heterocycles. The maximum absolute atomic E-state index is 12.6. The van der Waals surface area contributed by atoms with E-state index in [0.717, 1.165) is 16.7 Å². The predicted octanol–water partition coefficient (Wildman–Crippen LogP) is 2.73. The molecule has 0 aromatic carbocycles. The van der Waals surface area contributed by atoms with E-state index in [2.05, 4.69) is 4.98 Å². The highest BCUT2D eigenvalue weighted by Crippen LogP contribution is 2.35. The van der Waals surface area contributed by atoms with Gasteiger partial charge in [0.25, 0.3) is 0 Å². The second kappa shape index (κ2) is 6.64. The third-order valence-electron chi connectivity index (χ3n) is 3.49. The SMILES string of the molecule is O=C(O)CCC(=O)N1CCCC(c2nc(C(F)(F)F)cs2)C1. The van der Waals surface area contributed by atoms with Crippen molar-refractivity contribution in [1.29, 1.82) is 0 Å². The molecule has 0 saturated carbocycles. The second-order valence-corrected chi connectivity index (χ2v) is 6.03. The van der Waals surface area contributed by atoms with Gasteiger partial charge in [0.2, 0.25) is 5.91 Å². The first kappa shape index (κ1) is 16.7. The number of aromatic nitrogens is 1. The number of thiazole rings is 1. The summed E-state index contributed by atoms with van der Waals surface area (Å²) in [6.07, 6.45) is -3.44. The zero-order chi connectivity index (χ0) is 16.3. The fraction of sp³-hybridized carbons (Fsp3) is 0.615. The Morgan fingerprint density at radius 3 is 2.73 bits per heavy atom. The number of amides is 1. The van der Waals surface area contributed by atoms with Crippen LogP contribution < -0.4 is 0 Å². The number of hydrogen-bond acceptors (Lipinski definition) is 4. The van der Waals surface area contributed by atoms with Crippen LogP contribution in [0.1, 0.15) is 42.3 Å². The molecule has 1 amide bonds. The first-order valence-corrected chi connectivity index (χ1v) is 7.67. The van der Waals surface area contributed by atoms with E-state index in [4.69, 9.17) is 5.11 Å². The van der Waals surface area contributed by atoms with Gasteiger partial charge in [0.05, 0.1) is 11.4 Å². The van der Waals surface area contributed by atoms with Crippen LogP contribution >= 0.6 is 11.3 Å². The number of aliphatic carboxylic acids is 1. The summed E-state index contributed by atoms with van der Waals surface area (Å²) in [5, 5.41) is 9.95. The average molecular weight is 336 g/mol. The Kier molecular flexibility index (Phi) is 5.05. The summed E-state index contributed by atoms with van der Waals surface area (Å²) in [5.41, 5.74) is -0.901. The van der Waals surface area contributed by atoms with Crippen LogP contribution in [0.2, 0.25) is 0 Å². The zero-order valence-corrected chi connectivity index (χ0v) is 12.4. The van der Waals surface area contributed by atoms with E-state index in [1.165, 1.54) is 4.90 Å². The quantitative estimate of drug-likeness (QED) is 0.918. The number of piperidine rings is 1. The molecule has 2 heterocycles. The van der Waals surface area contributed by atoms with Crippen LogP contribution in [-0.4, -0.2) is 40.0 Å². The highest BCUT2D eigenvalue weighted by atomic mass is 32.1. The van der Waals surface area contributed by atoms with Crippen LogP contribution in [0.25, 0.3) is 0 Å². The molecule has 122 valence electrons. The van der Waals surface area contributed by atoms with Gasteiger partial charge in [-0.3, -0.25) is 9.59 Å². The topological polar surface area (TPSA) is 70.5 Å². The van der Waals surface area contributed by atoms with Crippen molar-refractivity contribution in [2.45, 2.75) is 37.8 Å². The molecule has 9 heteroatoms. The molecule has 5 nitrogen and oxygen atoms in total. The minimum absolute atomic E-state index is 0.0896. The minimum atomic E-state index is -4.46. The van der Waals surface area contributed by atoms with Crippen molar-refractivity contribution >= 4 is 23.2 Å². The van der Waals surface area contributed by atoms with Gasteiger partial charge >= 0.3 is 12.1 Å². The number of carbonyl (C=O) groups is 2. The van der Waals surface area contributed by atoms with Gasteiger partial charge in [-0.2, -0.15) is 13.2 Å². The van der Waals surface area contributed by atoms with Crippen LogP contribution in [0.5, 0.6) is 0 Å². The monoisotopic (exact) mass is 336 g/mol. The number of alkyl halides is 3. The van der Waals surface area contributed by atoms with E-state index in [9.17, 15) is 22.8 Å². The maximum Gasteiger partial charge on any atom is 0.434 e. The zero-order valence-electron chi connectivity index (χ0n) is 11.6. The molecular formula is C13H15F3N2O3S.